The Morgan fingerprint density at radius 2 is 2.10 bits per heavy atom. The fourth-order valence-corrected chi connectivity index (χ4v) is 3.81. The second-order valence-electron chi connectivity index (χ2n) is 8.03. The highest BCUT2D eigenvalue weighted by molar-refractivity contribution is 5.80. The Balaban J connectivity index is 1.79. The first kappa shape index (κ1) is 21.7. The molecule has 2 aromatic heterocycles. The van der Waals surface area contributed by atoms with E-state index in [2.05, 4.69) is 43.4 Å². The van der Waals surface area contributed by atoms with Gasteiger partial charge in [0.2, 0.25) is 0 Å². The fourth-order valence-electron chi connectivity index (χ4n) is 3.81. The molecule has 1 aliphatic rings. The summed E-state index contributed by atoms with van der Waals surface area (Å²) >= 11 is 0. The number of rotatable bonds is 11. The number of nitrogens with zero attached hydrogens (tertiary/aromatic N) is 2. The van der Waals surface area contributed by atoms with Crippen LogP contribution >= 0.6 is 0 Å². The molecule has 0 atom stereocenters. The number of pyridine rings is 2. The van der Waals surface area contributed by atoms with E-state index in [1.54, 1.807) is 7.11 Å². The quantitative estimate of drug-likeness (QED) is 0.511. The van der Waals surface area contributed by atoms with Crippen LogP contribution in [-0.4, -0.2) is 30.2 Å². The first-order valence-electron chi connectivity index (χ1n) is 11.0. The highest BCUT2D eigenvalue weighted by atomic mass is 16.5. The summed E-state index contributed by atoms with van der Waals surface area (Å²) < 4.78 is 5.08. The van der Waals surface area contributed by atoms with Crippen molar-refractivity contribution in [3.05, 3.63) is 58.7 Å². The third-order valence-electron chi connectivity index (χ3n) is 5.91. The van der Waals surface area contributed by atoms with Gasteiger partial charge in [0.05, 0.1) is 18.0 Å². The summed E-state index contributed by atoms with van der Waals surface area (Å²) in [5.74, 6) is 0.729. The first-order valence-corrected chi connectivity index (χ1v) is 11.0. The van der Waals surface area contributed by atoms with Crippen LogP contribution in [0.15, 0.2) is 30.6 Å². The van der Waals surface area contributed by atoms with Crippen LogP contribution in [0.1, 0.15) is 79.4 Å². The first-order chi connectivity index (χ1) is 14.2. The van der Waals surface area contributed by atoms with Crippen LogP contribution in [0.25, 0.3) is 11.6 Å². The van der Waals surface area contributed by atoms with Crippen LogP contribution < -0.4 is 5.32 Å². The molecule has 2 aromatic rings. The summed E-state index contributed by atoms with van der Waals surface area (Å²) in [7, 11) is 1.72. The molecule has 3 rings (SSSR count). The van der Waals surface area contributed by atoms with Gasteiger partial charge in [0.25, 0.3) is 0 Å². The summed E-state index contributed by atoms with van der Waals surface area (Å²) in [5, 5.41) is 3.37. The Hall–Kier alpha value is -2.04. The number of nitrogens with one attached hydrogen (secondary N) is 1. The van der Waals surface area contributed by atoms with Crippen molar-refractivity contribution in [1.82, 2.24) is 15.3 Å². The van der Waals surface area contributed by atoms with Gasteiger partial charge in [0.15, 0.2) is 0 Å². The average molecular weight is 394 g/mol. The minimum atomic E-state index is 0.724. The van der Waals surface area contributed by atoms with E-state index in [0.717, 1.165) is 49.8 Å². The largest absolute Gasteiger partial charge is 0.383 e. The highest BCUT2D eigenvalue weighted by Crippen LogP contribution is 2.38. The lowest BCUT2D eigenvalue weighted by Crippen LogP contribution is -2.18. The lowest BCUT2D eigenvalue weighted by Gasteiger charge is -2.27. The molecule has 0 bridgehead atoms. The number of hydrogen-bond acceptors (Lipinski definition) is 4. The van der Waals surface area contributed by atoms with Crippen LogP contribution in [0, 0.1) is 6.92 Å². The summed E-state index contributed by atoms with van der Waals surface area (Å²) in [6.45, 7) is 6.85. The molecule has 0 radical (unpaired) electrons. The van der Waals surface area contributed by atoms with E-state index in [9.17, 15) is 0 Å². The number of aromatic nitrogens is 2. The topological polar surface area (TPSA) is 47.0 Å². The lowest BCUT2D eigenvalue weighted by molar-refractivity contribution is 0.199. The van der Waals surface area contributed by atoms with Gasteiger partial charge in [-0.3, -0.25) is 9.97 Å². The van der Waals surface area contributed by atoms with Gasteiger partial charge in [-0.1, -0.05) is 25.8 Å². The predicted octanol–water partition coefficient (Wildman–Crippen LogP) is 5.52. The van der Waals surface area contributed by atoms with Gasteiger partial charge in [-0.25, -0.2) is 0 Å². The molecule has 1 saturated carbocycles. The molecular formula is C25H35N3O. The van der Waals surface area contributed by atoms with Crippen molar-refractivity contribution < 1.29 is 4.74 Å². The van der Waals surface area contributed by atoms with E-state index in [1.165, 1.54) is 47.9 Å². The Bertz CT molecular complexity index is 794. The molecule has 1 aliphatic carbocycles. The number of unbranched alkanes of at least 4 members (excludes halogenated alkanes) is 1. The molecule has 0 aliphatic heterocycles. The maximum atomic E-state index is 5.08. The number of methoxy groups -OCH3 is 1. The second kappa shape index (κ2) is 11.2. The molecule has 1 fully saturated rings. The number of hydrogen-bond donors (Lipinski definition) is 1. The maximum Gasteiger partial charge on any atom is 0.0665 e. The molecule has 4 nitrogen and oxygen atoms in total. The summed E-state index contributed by atoms with van der Waals surface area (Å²) in [4.78, 5) is 9.48. The van der Waals surface area contributed by atoms with Crippen molar-refractivity contribution in [2.75, 3.05) is 20.3 Å². The Morgan fingerprint density at radius 1 is 1.24 bits per heavy atom. The minimum absolute atomic E-state index is 0.724. The van der Waals surface area contributed by atoms with Gasteiger partial charge in [-0.05, 0) is 79.0 Å². The zero-order valence-corrected chi connectivity index (χ0v) is 18.2. The summed E-state index contributed by atoms with van der Waals surface area (Å²) in [6.07, 6.45) is 13.6. The normalized spacial score (nSPS) is 14.8. The van der Waals surface area contributed by atoms with E-state index in [-0.39, 0.29) is 0 Å². The van der Waals surface area contributed by atoms with Crippen molar-refractivity contribution in [3.63, 3.8) is 0 Å². The van der Waals surface area contributed by atoms with Crippen molar-refractivity contribution >= 4 is 11.6 Å². The van der Waals surface area contributed by atoms with Crippen LogP contribution in [0.2, 0.25) is 0 Å². The van der Waals surface area contributed by atoms with E-state index >= 15 is 0 Å². The average Bonchev–Trinajstić information content (AvgIpc) is 2.70. The molecule has 2 heterocycles. The lowest BCUT2D eigenvalue weighted by atomic mass is 9.78. The molecule has 0 aromatic carbocycles. The number of ether oxygens (including phenoxy) is 1. The van der Waals surface area contributed by atoms with Gasteiger partial charge >= 0.3 is 0 Å². The highest BCUT2D eigenvalue weighted by Gasteiger charge is 2.22. The van der Waals surface area contributed by atoms with E-state index in [1.807, 2.05) is 12.4 Å². The molecular weight excluding hydrogens is 358 g/mol. The molecule has 0 amide bonds. The van der Waals surface area contributed by atoms with Crippen molar-refractivity contribution in [2.24, 2.45) is 0 Å². The van der Waals surface area contributed by atoms with Crippen LogP contribution in [0.5, 0.6) is 0 Å². The van der Waals surface area contributed by atoms with Crippen LogP contribution in [0.4, 0.5) is 0 Å². The molecule has 29 heavy (non-hydrogen) atoms. The third kappa shape index (κ3) is 5.97. The number of allylic oxidation sites excluding steroid dienone is 1. The Kier molecular flexibility index (Phi) is 8.38. The zero-order chi connectivity index (χ0) is 20.5. The van der Waals surface area contributed by atoms with E-state index < -0.39 is 0 Å². The van der Waals surface area contributed by atoms with E-state index in [4.69, 9.17) is 14.7 Å². The maximum absolute atomic E-state index is 5.08. The molecule has 0 spiro atoms. The van der Waals surface area contributed by atoms with Crippen LogP contribution in [0.3, 0.4) is 0 Å². The van der Waals surface area contributed by atoms with Gasteiger partial charge in [-0.15, -0.1) is 0 Å². The van der Waals surface area contributed by atoms with Crippen molar-refractivity contribution in [2.45, 2.75) is 64.8 Å². The summed E-state index contributed by atoms with van der Waals surface area (Å²) in [6, 6.07) is 6.54. The van der Waals surface area contributed by atoms with Crippen molar-refractivity contribution in [3.8, 4) is 0 Å². The third-order valence-corrected chi connectivity index (χ3v) is 5.91. The molecule has 0 saturated heterocycles. The van der Waals surface area contributed by atoms with Gasteiger partial charge in [0, 0.05) is 32.6 Å². The van der Waals surface area contributed by atoms with Crippen molar-refractivity contribution in [1.29, 1.82) is 0 Å². The molecule has 0 unspecified atom stereocenters. The van der Waals surface area contributed by atoms with Gasteiger partial charge in [0.1, 0.15) is 0 Å². The van der Waals surface area contributed by atoms with Crippen LogP contribution in [-0.2, 0) is 11.3 Å². The molecule has 1 N–H and O–H groups in total. The Labute approximate surface area is 175 Å². The standard InChI is InChI=1S/C25H35N3O/c1-4-5-7-22(24-11-10-20(18-28-24)17-26-14-15-29-3)16-25-19(2)23(12-13-27-25)21-8-6-9-21/h10-13,16,18,21,26H,4-9,14-15,17H2,1-3H3/b22-16+. The predicted molar refractivity (Wildman–Crippen MR) is 121 cm³/mol. The Morgan fingerprint density at radius 3 is 2.76 bits per heavy atom. The second-order valence-corrected chi connectivity index (χ2v) is 8.03. The fraction of sp³-hybridized carbons (Fsp3) is 0.520. The van der Waals surface area contributed by atoms with Gasteiger partial charge < -0.3 is 10.1 Å². The minimum Gasteiger partial charge on any atom is -0.383 e. The SMILES string of the molecule is CCCC/C(=C\c1nccc(C2CCC2)c1C)c1ccc(CNCCOC)cn1. The van der Waals surface area contributed by atoms with Gasteiger partial charge in [-0.2, -0.15) is 0 Å². The molecule has 156 valence electrons. The monoisotopic (exact) mass is 393 g/mol. The smallest absolute Gasteiger partial charge is 0.0665 e. The van der Waals surface area contributed by atoms with E-state index in [0.29, 0.717) is 0 Å². The zero-order valence-electron chi connectivity index (χ0n) is 18.2. The molecule has 4 heteroatoms. The summed E-state index contributed by atoms with van der Waals surface area (Å²) in [5.41, 5.74) is 7.47.